The number of hydrogen-bond donors (Lipinski definition) is 2. The van der Waals surface area contributed by atoms with Crippen molar-refractivity contribution in [1.29, 1.82) is 0 Å². The molecule has 1 aromatic carbocycles. The first-order valence-corrected chi connectivity index (χ1v) is 8.40. The fourth-order valence-electron chi connectivity index (χ4n) is 1.83. The van der Waals surface area contributed by atoms with E-state index in [1.165, 1.54) is 4.88 Å². The highest BCUT2D eigenvalue weighted by Crippen LogP contribution is 2.33. The maximum absolute atomic E-state index is 11.4. The lowest BCUT2D eigenvalue weighted by Gasteiger charge is -2.17. The summed E-state index contributed by atoms with van der Waals surface area (Å²) in [5, 5.41) is 8.33. The summed E-state index contributed by atoms with van der Waals surface area (Å²) in [5.74, 6) is 0.567. The molecule has 2 heterocycles. The van der Waals surface area contributed by atoms with Gasteiger partial charge in [0.25, 0.3) is 0 Å². The summed E-state index contributed by atoms with van der Waals surface area (Å²) in [4.78, 5) is 13.8. The molecule has 0 unspecified atom stereocenters. The van der Waals surface area contributed by atoms with Crippen molar-refractivity contribution in [2.75, 3.05) is 16.4 Å². The van der Waals surface area contributed by atoms with Crippen LogP contribution in [0, 0.1) is 0 Å². The van der Waals surface area contributed by atoms with E-state index < -0.39 is 0 Å². The van der Waals surface area contributed by atoms with Crippen LogP contribution in [0.1, 0.15) is 4.88 Å². The van der Waals surface area contributed by atoms with Gasteiger partial charge in [0.2, 0.25) is 5.91 Å². The van der Waals surface area contributed by atoms with Gasteiger partial charge in [-0.2, -0.15) is 0 Å². The minimum atomic E-state index is 0.0654. The lowest BCUT2D eigenvalue weighted by molar-refractivity contribution is -0.113. The second kappa shape index (κ2) is 5.56. The van der Waals surface area contributed by atoms with Gasteiger partial charge < -0.3 is 10.6 Å². The van der Waals surface area contributed by atoms with E-state index in [0.717, 1.165) is 27.3 Å². The second-order valence-electron chi connectivity index (χ2n) is 4.09. The van der Waals surface area contributed by atoms with Gasteiger partial charge in [0.15, 0.2) is 0 Å². The zero-order chi connectivity index (χ0) is 13.2. The first kappa shape index (κ1) is 13.0. The van der Waals surface area contributed by atoms with Gasteiger partial charge in [-0.15, -0.1) is 23.1 Å². The summed E-state index contributed by atoms with van der Waals surface area (Å²) in [5.41, 5.74) is 1.92. The van der Waals surface area contributed by atoms with Gasteiger partial charge in [-0.05, 0) is 45.6 Å². The van der Waals surface area contributed by atoms with E-state index in [1.54, 1.807) is 23.1 Å². The van der Waals surface area contributed by atoms with Crippen LogP contribution in [0.25, 0.3) is 0 Å². The van der Waals surface area contributed by atoms with Crippen LogP contribution >= 0.6 is 39.0 Å². The van der Waals surface area contributed by atoms with E-state index in [-0.39, 0.29) is 5.91 Å². The number of amides is 1. The topological polar surface area (TPSA) is 41.1 Å². The number of fused-ring (bicyclic) bond motifs is 1. The van der Waals surface area contributed by atoms with Crippen LogP contribution in [0.4, 0.5) is 11.4 Å². The number of thiophene rings is 1. The molecule has 2 aromatic rings. The van der Waals surface area contributed by atoms with Crippen molar-refractivity contribution in [3.63, 3.8) is 0 Å². The number of carbonyl (C=O) groups is 1. The molecule has 0 radical (unpaired) electrons. The number of rotatable bonds is 3. The zero-order valence-electron chi connectivity index (χ0n) is 9.90. The Morgan fingerprint density at radius 2 is 2.26 bits per heavy atom. The molecule has 0 bridgehead atoms. The predicted octanol–water partition coefficient (Wildman–Crippen LogP) is 4.17. The summed E-state index contributed by atoms with van der Waals surface area (Å²) in [6, 6.07) is 8.13. The van der Waals surface area contributed by atoms with Crippen molar-refractivity contribution in [1.82, 2.24) is 0 Å². The van der Waals surface area contributed by atoms with Crippen LogP contribution in [-0.2, 0) is 11.3 Å². The molecule has 2 N–H and O–H groups in total. The second-order valence-corrected chi connectivity index (χ2v) is 6.97. The average molecular weight is 355 g/mol. The fraction of sp³-hybridized carbons (Fsp3) is 0.154. The summed E-state index contributed by atoms with van der Waals surface area (Å²) in [6.07, 6.45) is 0. The van der Waals surface area contributed by atoms with Crippen molar-refractivity contribution in [2.45, 2.75) is 11.4 Å². The molecule has 3 nitrogen and oxygen atoms in total. The number of benzene rings is 1. The van der Waals surface area contributed by atoms with Crippen LogP contribution in [0.5, 0.6) is 0 Å². The molecule has 98 valence electrons. The highest BCUT2D eigenvalue weighted by molar-refractivity contribution is 9.10. The lowest BCUT2D eigenvalue weighted by atomic mass is 10.2. The van der Waals surface area contributed by atoms with Crippen molar-refractivity contribution in [2.24, 2.45) is 0 Å². The number of hydrogen-bond acceptors (Lipinski definition) is 4. The molecule has 1 aromatic heterocycles. The first-order valence-electron chi connectivity index (χ1n) is 5.75. The number of halogens is 1. The van der Waals surface area contributed by atoms with Gasteiger partial charge in [-0.1, -0.05) is 0 Å². The summed E-state index contributed by atoms with van der Waals surface area (Å²) >= 11 is 6.81. The van der Waals surface area contributed by atoms with E-state index in [0.29, 0.717) is 5.75 Å². The van der Waals surface area contributed by atoms with E-state index in [4.69, 9.17) is 0 Å². The van der Waals surface area contributed by atoms with Crippen LogP contribution in [-0.4, -0.2) is 11.7 Å². The number of thioether (sulfide) groups is 1. The van der Waals surface area contributed by atoms with Crippen LogP contribution in [0.15, 0.2) is 39.0 Å². The van der Waals surface area contributed by atoms with Crippen molar-refractivity contribution in [3.8, 4) is 0 Å². The molecule has 3 rings (SSSR count). The van der Waals surface area contributed by atoms with Gasteiger partial charge in [-0.25, -0.2) is 0 Å². The molecule has 1 amide bonds. The molecule has 0 saturated carbocycles. The zero-order valence-corrected chi connectivity index (χ0v) is 13.1. The molecular weight excluding hydrogens is 344 g/mol. The number of carbonyl (C=O) groups excluding carboxylic acids is 1. The van der Waals surface area contributed by atoms with Gasteiger partial charge in [0.1, 0.15) is 0 Å². The van der Waals surface area contributed by atoms with Crippen molar-refractivity contribution < 1.29 is 4.79 Å². The third-order valence-corrected chi connectivity index (χ3v) is 5.76. The Hall–Kier alpha value is -0.980. The molecule has 0 spiro atoms. The Labute approximate surface area is 127 Å². The van der Waals surface area contributed by atoms with E-state index in [2.05, 4.69) is 31.9 Å². The third kappa shape index (κ3) is 2.96. The Morgan fingerprint density at radius 1 is 1.37 bits per heavy atom. The van der Waals surface area contributed by atoms with E-state index in [9.17, 15) is 4.79 Å². The van der Waals surface area contributed by atoms with E-state index >= 15 is 0 Å². The molecule has 0 saturated heterocycles. The predicted molar refractivity (Wildman–Crippen MR) is 85.1 cm³/mol. The van der Waals surface area contributed by atoms with Gasteiger partial charge in [0, 0.05) is 19.9 Å². The van der Waals surface area contributed by atoms with Gasteiger partial charge in [0.05, 0.1) is 18.0 Å². The maximum atomic E-state index is 11.4. The average Bonchev–Trinajstić information content (AvgIpc) is 2.81. The minimum absolute atomic E-state index is 0.0654. The van der Waals surface area contributed by atoms with Gasteiger partial charge >= 0.3 is 0 Å². The molecule has 1 aliphatic rings. The summed E-state index contributed by atoms with van der Waals surface area (Å²) in [7, 11) is 0. The molecular formula is C13H11BrN2OS2. The maximum Gasteiger partial charge on any atom is 0.234 e. The van der Waals surface area contributed by atoms with Crippen LogP contribution < -0.4 is 10.6 Å². The Kier molecular flexibility index (Phi) is 3.81. The fourth-order valence-corrected chi connectivity index (χ4v) is 4.05. The molecule has 19 heavy (non-hydrogen) atoms. The van der Waals surface area contributed by atoms with Crippen LogP contribution in [0.3, 0.4) is 0 Å². The van der Waals surface area contributed by atoms with Gasteiger partial charge in [-0.3, -0.25) is 4.79 Å². The molecule has 0 atom stereocenters. The Morgan fingerprint density at radius 3 is 3.05 bits per heavy atom. The normalized spacial score (nSPS) is 13.8. The highest BCUT2D eigenvalue weighted by atomic mass is 79.9. The standard InChI is InChI=1S/C13H11BrN2OS2/c14-9-3-4-18-12(9)6-15-8-1-2-11-10(5-8)16-13(17)7-19-11/h1-5,15H,6-7H2,(H,16,17). The molecule has 0 aliphatic carbocycles. The highest BCUT2D eigenvalue weighted by Gasteiger charge is 2.15. The van der Waals surface area contributed by atoms with Crippen molar-refractivity contribution in [3.05, 3.63) is 39.0 Å². The largest absolute Gasteiger partial charge is 0.380 e. The molecule has 6 heteroatoms. The molecule has 0 fully saturated rings. The third-order valence-electron chi connectivity index (χ3n) is 2.76. The number of anilines is 2. The summed E-state index contributed by atoms with van der Waals surface area (Å²) < 4.78 is 1.13. The summed E-state index contributed by atoms with van der Waals surface area (Å²) in [6.45, 7) is 0.776. The van der Waals surface area contributed by atoms with Crippen LogP contribution in [0.2, 0.25) is 0 Å². The minimum Gasteiger partial charge on any atom is -0.380 e. The number of nitrogens with one attached hydrogen (secondary N) is 2. The Balaban J connectivity index is 1.74. The molecule has 1 aliphatic heterocycles. The monoisotopic (exact) mass is 354 g/mol. The SMILES string of the molecule is O=C1CSc2ccc(NCc3sccc3Br)cc2N1. The first-order chi connectivity index (χ1) is 9.22. The lowest BCUT2D eigenvalue weighted by Crippen LogP contribution is -2.18. The van der Waals surface area contributed by atoms with Crippen molar-refractivity contribution >= 4 is 56.3 Å². The smallest absolute Gasteiger partial charge is 0.234 e. The quantitative estimate of drug-likeness (QED) is 0.868. The van der Waals surface area contributed by atoms with E-state index in [1.807, 2.05) is 24.3 Å². The Bertz CT molecular complexity index is 627.